The van der Waals surface area contributed by atoms with Gasteiger partial charge >= 0.3 is 12.0 Å². The van der Waals surface area contributed by atoms with Crippen molar-refractivity contribution in [2.45, 2.75) is 32.7 Å². The molecule has 1 atom stereocenters. The van der Waals surface area contributed by atoms with E-state index in [4.69, 9.17) is 16.7 Å². The van der Waals surface area contributed by atoms with Gasteiger partial charge in [-0.15, -0.1) is 0 Å². The highest BCUT2D eigenvalue weighted by atomic mass is 35.5. The highest BCUT2D eigenvalue weighted by Crippen LogP contribution is 2.27. The number of urea groups is 1. The van der Waals surface area contributed by atoms with Crippen LogP contribution in [0.4, 0.5) is 10.5 Å². The minimum absolute atomic E-state index is 0.0983. The van der Waals surface area contributed by atoms with E-state index in [1.54, 1.807) is 25.1 Å². The summed E-state index contributed by atoms with van der Waals surface area (Å²) >= 11 is 6.15. The number of hydrogen-bond donors (Lipinski definition) is 3. The van der Waals surface area contributed by atoms with E-state index >= 15 is 0 Å². The summed E-state index contributed by atoms with van der Waals surface area (Å²) in [5.74, 6) is -1.56. The Balaban J connectivity index is 2.29. The number of amides is 3. The average Bonchev–Trinajstić information content (AvgIpc) is 2.92. The molecule has 0 spiro atoms. The first kappa shape index (κ1) is 19.1. The van der Waals surface area contributed by atoms with Gasteiger partial charge in [-0.2, -0.15) is 0 Å². The summed E-state index contributed by atoms with van der Waals surface area (Å²) in [4.78, 5) is 37.2. The third-order valence-electron chi connectivity index (χ3n) is 4.55. The number of nitrogens with one attached hydrogen (secondary N) is 2. The van der Waals surface area contributed by atoms with Crippen LogP contribution in [0.5, 0.6) is 0 Å². The maximum atomic E-state index is 12.7. The fraction of sp³-hybridized carbons (Fsp3) is 0.471. The Bertz CT molecular complexity index is 707. The van der Waals surface area contributed by atoms with Crippen LogP contribution >= 0.6 is 11.6 Å². The van der Waals surface area contributed by atoms with Crippen molar-refractivity contribution in [3.05, 3.63) is 28.8 Å². The summed E-state index contributed by atoms with van der Waals surface area (Å²) in [6.45, 7) is 6.41. The highest BCUT2D eigenvalue weighted by Gasteiger charge is 2.34. The maximum Gasteiger partial charge on any atom is 0.321 e. The van der Waals surface area contributed by atoms with Crippen LogP contribution in [0.15, 0.2) is 18.2 Å². The van der Waals surface area contributed by atoms with Gasteiger partial charge < -0.3 is 15.7 Å². The molecule has 25 heavy (non-hydrogen) atoms. The molecule has 1 saturated heterocycles. The number of carboxylic acid groups (broad SMARTS) is 1. The van der Waals surface area contributed by atoms with Crippen LogP contribution in [0.25, 0.3) is 0 Å². The lowest BCUT2D eigenvalue weighted by Crippen LogP contribution is -2.51. The maximum absolute atomic E-state index is 12.7. The van der Waals surface area contributed by atoms with Crippen molar-refractivity contribution in [3.8, 4) is 0 Å². The van der Waals surface area contributed by atoms with Gasteiger partial charge in [-0.25, -0.2) is 4.79 Å². The molecule has 1 unspecified atom stereocenters. The van der Waals surface area contributed by atoms with Gasteiger partial charge in [0, 0.05) is 18.8 Å². The number of anilines is 1. The van der Waals surface area contributed by atoms with Crippen LogP contribution < -0.4 is 15.5 Å². The first-order chi connectivity index (χ1) is 11.6. The van der Waals surface area contributed by atoms with Crippen molar-refractivity contribution in [1.29, 1.82) is 0 Å². The summed E-state index contributed by atoms with van der Waals surface area (Å²) in [5, 5.41) is 14.8. The fourth-order valence-electron chi connectivity index (χ4n) is 2.61. The van der Waals surface area contributed by atoms with Crippen LogP contribution in [-0.2, 0) is 4.79 Å². The van der Waals surface area contributed by atoms with E-state index in [1.807, 2.05) is 13.8 Å². The summed E-state index contributed by atoms with van der Waals surface area (Å²) in [6.07, 6.45) is -0.206. The van der Waals surface area contributed by atoms with Crippen molar-refractivity contribution >= 4 is 35.2 Å². The quantitative estimate of drug-likeness (QED) is 0.719. The molecule has 8 heteroatoms. The van der Waals surface area contributed by atoms with Gasteiger partial charge in [0.1, 0.15) is 0 Å². The number of halogens is 1. The van der Waals surface area contributed by atoms with Crippen LogP contribution in [-0.4, -0.2) is 41.6 Å². The number of hydrogen-bond acceptors (Lipinski definition) is 3. The van der Waals surface area contributed by atoms with E-state index < -0.39 is 17.4 Å². The Labute approximate surface area is 151 Å². The molecule has 0 bridgehead atoms. The number of carboxylic acids is 1. The Kier molecular flexibility index (Phi) is 5.57. The molecular formula is C17H22ClN3O4. The molecule has 1 aliphatic heterocycles. The largest absolute Gasteiger partial charge is 0.481 e. The van der Waals surface area contributed by atoms with E-state index in [0.717, 1.165) is 0 Å². The minimum Gasteiger partial charge on any atom is -0.481 e. The molecule has 1 aliphatic rings. The van der Waals surface area contributed by atoms with Gasteiger partial charge in [0.25, 0.3) is 5.91 Å². The molecule has 2 rings (SSSR count). The minimum atomic E-state index is -0.995. The number of carbonyl (C=O) groups excluding carboxylic acids is 2. The van der Waals surface area contributed by atoms with Gasteiger partial charge in [0.05, 0.1) is 22.5 Å². The molecule has 1 fully saturated rings. The molecule has 3 amide bonds. The van der Waals surface area contributed by atoms with E-state index in [2.05, 4.69) is 10.6 Å². The van der Waals surface area contributed by atoms with E-state index in [0.29, 0.717) is 18.8 Å². The standard InChI is InChI=1S/C17H22ClN3O4/c1-10(2)17(3,9-14(22)23)20-15(24)12-8-11(4-5-13(12)18)21-7-6-19-16(21)25/h4-5,8,10H,6-7,9H2,1-3H3,(H,19,25)(H,20,24)(H,22,23). The molecule has 0 saturated carbocycles. The number of rotatable bonds is 6. The van der Waals surface area contributed by atoms with Crippen molar-refractivity contribution in [2.75, 3.05) is 18.0 Å². The predicted molar refractivity (Wildman–Crippen MR) is 95.2 cm³/mol. The molecule has 1 heterocycles. The molecule has 7 nitrogen and oxygen atoms in total. The van der Waals surface area contributed by atoms with Crippen LogP contribution in [0.2, 0.25) is 5.02 Å². The molecule has 0 aliphatic carbocycles. The van der Waals surface area contributed by atoms with Gasteiger partial charge in [0.2, 0.25) is 0 Å². The molecule has 3 N–H and O–H groups in total. The number of nitrogens with zero attached hydrogens (tertiary/aromatic N) is 1. The van der Waals surface area contributed by atoms with Gasteiger partial charge in [-0.1, -0.05) is 25.4 Å². The molecule has 0 aromatic heterocycles. The smallest absolute Gasteiger partial charge is 0.321 e. The molecule has 1 aromatic carbocycles. The van der Waals surface area contributed by atoms with Crippen LogP contribution in [0.3, 0.4) is 0 Å². The molecular weight excluding hydrogens is 346 g/mol. The SMILES string of the molecule is CC(C)C(C)(CC(=O)O)NC(=O)c1cc(N2CCNC2=O)ccc1Cl. The van der Waals surface area contributed by atoms with Crippen molar-refractivity contribution < 1.29 is 19.5 Å². The van der Waals surface area contributed by atoms with Gasteiger partial charge in [-0.05, 0) is 31.0 Å². The highest BCUT2D eigenvalue weighted by molar-refractivity contribution is 6.34. The second kappa shape index (κ2) is 7.31. The monoisotopic (exact) mass is 367 g/mol. The van der Waals surface area contributed by atoms with Gasteiger partial charge in [0.15, 0.2) is 0 Å². The number of carbonyl (C=O) groups is 3. The first-order valence-electron chi connectivity index (χ1n) is 8.03. The van der Waals surface area contributed by atoms with E-state index in [9.17, 15) is 14.4 Å². The Morgan fingerprint density at radius 3 is 2.64 bits per heavy atom. The van der Waals surface area contributed by atoms with Gasteiger partial charge in [-0.3, -0.25) is 14.5 Å². The van der Waals surface area contributed by atoms with Crippen LogP contribution in [0, 0.1) is 5.92 Å². The van der Waals surface area contributed by atoms with E-state index in [-0.39, 0.29) is 29.0 Å². The molecule has 136 valence electrons. The Hall–Kier alpha value is -2.28. The second-order valence-corrected chi connectivity index (χ2v) is 7.05. The topological polar surface area (TPSA) is 98.7 Å². The number of aliphatic carboxylic acids is 1. The zero-order valence-corrected chi connectivity index (χ0v) is 15.2. The second-order valence-electron chi connectivity index (χ2n) is 6.64. The lowest BCUT2D eigenvalue weighted by molar-refractivity contribution is -0.138. The van der Waals surface area contributed by atoms with E-state index in [1.165, 1.54) is 4.90 Å². The Morgan fingerprint density at radius 1 is 1.44 bits per heavy atom. The zero-order chi connectivity index (χ0) is 18.8. The normalized spacial score (nSPS) is 16.5. The summed E-state index contributed by atoms with van der Waals surface area (Å²) in [7, 11) is 0. The van der Waals surface area contributed by atoms with Crippen molar-refractivity contribution in [3.63, 3.8) is 0 Å². The summed E-state index contributed by atoms with van der Waals surface area (Å²) in [6, 6.07) is 4.54. The average molecular weight is 368 g/mol. The summed E-state index contributed by atoms with van der Waals surface area (Å²) in [5.41, 5.74) is -0.155. The lowest BCUT2D eigenvalue weighted by atomic mass is 9.85. The molecule has 1 aromatic rings. The first-order valence-corrected chi connectivity index (χ1v) is 8.41. The van der Waals surface area contributed by atoms with Crippen LogP contribution in [0.1, 0.15) is 37.6 Å². The van der Waals surface area contributed by atoms with Crippen molar-refractivity contribution in [2.24, 2.45) is 5.92 Å². The third kappa shape index (κ3) is 4.22. The third-order valence-corrected chi connectivity index (χ3v) is 4.88. The zero-order valence-electron chi connectivity index (χ0n) is 14.4. The predicted octanol–water partition coefficient (Wildman–Crippen LogP) is 2.49. The Morgan fingerprint density at radius 2 is 2.12 bits per heavy atom. The summed E-state index contributed by atoms with van der Waals surface area (Å²) < 4.78 is 0. The van der Waals surface area contributed by atoms with Crippen molar-refractivity contribution in [1.82, 2.24) is 10.6 Å². The molecule has 0 radical (unpaired) electrons. The fourth-order valence-corrected chi connectivity index (χ4v) is 2.81. The number of benzene rings is 1. The lowest BCUT2D eigenvalue weighted by Gasteiger charge is -2.33.